The number of aliphatic imine (C=N–C) groups is 1. The van der Waals surface area contributed by atoms with Gasteiger partial charge >= 0.3 is 5.97 Å². The summed E-state index contributed by atoms with van der Waals surface area (Å²) >= 11 is 0. The van der Waals surface area contributed by atoms with Gasteiger partial charge in [0, 0.05) is 49.4 Å². The Morgan fingerprint density at radius 3 is 2.74 bits per heavy atom. The minimum atomic E-state index is -0.699. The van der Waals surface area contributed by atoms with E-state index in [-0.39, 0.29) is 23.6 Å². The molecule has 2 unspecified atom stereocenters. The topological polar surface area (TPSA) is 110 Å². The van der Waals surface area contributed by atoms with E-state index in [0.717, 1.165) is 80.2 Å². The van der Waals surface area contributed by atoms with E-state index in [1.807, 2.05) is 13.0 Å². The first-order chi connectivity index (χ1) is 18.9. The number of methoxy groups -OCH3 is 1. The molecular formula is C31H41N3O5. The molecule has 0 spiro atoms. The quantitative estimate of drug-likeness (QED) is 0.234. The monoisotopic (exact) mass is 535 g/mol. The van der Waals surface area contributed by atoms with Crippen LogP contribution in [0.15, 0.2) is 40.2 Å². The number of hydrogen-bond acceptors (Lipinski definition) is 7. The average Bonchev–Trinajstić information content (AvgIpc) is 3.37. The summed E-state index contributed by atoms with van der Waals surface area (Å²) in [6, 6.07) is 7.44. The van der Waals surface area contributed by atoms with Crippen LogP contribution in [0.3, 0.4) is 0 Å². The third kappa shape index (κ3) is 7.51. The summed E-state index contributed by atoms with van der Waals surface area (Å²) in [6.45, 7) is 4.66. The van der Waals surface area contributed by atoms with Crippen LogP contribution in [0.5, 0.6) is 0 Å². The van der Waals surface area contributed by atoms with Crippen molar-refractivity contribution in [1.82, 2.24) is 10.3 Å². The molecule has 1 saturated carbocycles. The van der Waals surface area contributed by atoms with Crippen molar-refractivity contribution in [3.05, 3.63) is 63.1 Å². The maximum atomic E-state index is 12.9. The molecule has 0 saturated heterocycles. The van der Waals surface area contributed by atoms with Crippen molar-refractivity contribution in [2.45, 2.75) is 83.9 Å². The summed E-state index contributed by atoms with van der Waals surface area (Å²) in [6.07, 6.45) is 10.2. The zero-order valence-electron chi connectivity index (χ0n) is 23.3. The Labute approximate surface area is 230 Å². The SMILES string of the molecule is COCCCC1CCc2ccc(CNC(C(=O)OC3CCCC3)[C@@H](C)C=O)cc2N=C1c1c[nH]c(=O)c(C)c1. The number of fused-ring (bicyclic) bond motifs is 1. The first kappa shape index (κ1) is 28.9. The average molecular weight is 536 g/mol. The van der Waals surface area contributed by atoms with E-state index in [1.54, 1.807) is 20.2 Å². The smallest absolute Gasteiger partial charge is 0.324 e. The van der Waals surface area contributed by atoms with Crippen LogP contribution in [0, 0.1) is 18.8 Å². The molecule has 1 aliphatic heterocycles. The van der Waals surface area contributed by atoms with Crippen LogP contribution in [0.4, 0.5) is 5.69 Å². The number of aryl methyl sites for hydroxylation is 2. The zero-order chi connectivity index (χ0) is 27.8. The second-order valence-corrected chi connectivity index (χ2v) is 10.9. The number of carbonyl (C=O) groups is 2. The van der Waals surface area contributed by atoms with E-state index in [2.05, 4.69) is 28.5 Å². The van der Waals surface area contributed by atoms with Crippen LogP contribution >= 0.6 is 0 Å². The molecule has 0 bridgehead atoms. The summed E-state index contributed by atoms with van der Waals surface area (Å²) < 4.78 is 11.0. The normalized spacial score (nSPS) is 19.1. The lowest BCUT2D eigenvalue weighted by atomic mass is 9.88. The van der Waals surface area contributed by atoms with Crippen molar-refractivity contribution in [3.63, 3.8) is 0 Å². The minimum absolute atomic E-state index is 0.0469. The number of aromatic amines is 1. The van der Waals surface area contributed by atoms with Gasteiger partial charge in [-0.1, -0.05) is 19.1 Å². The fourth-order valence-corrected chi connectivity index (χ4v) is 5.56. The number of aromatic nitrogens is 1. The molecule has 2 N–H and O–H groups in total. The van der Waals surface area contributed by atoms with Crippen LogP contribution in [-0.2, 0) is 32.0 Å². The van der Waals surface area contributed by atoms with Gasteiger partial charge in [-0.05, 0) is 81.5 Å². The second-order valence-electron chi connectivity index (χ2n) is 10.9. The molecule has 2 aromatic rings. The molecule has 1 aliphatic carbocycles. The third-order valence-electron chi connectivity index (χ3n) is 7.93. The van der Waals surface area contributed by atoms with E-state index >= 15 is 0 Å². The van der Waals surface area contributed by atoms with Crippen molar-refractivity contribution in [1.29, 1.82) is 0 Å². The molecule has 4 rings (SSSR count). The molecule has 1 aromatic carbocycles. The second kappa shape index (κ2) is 13.8. The molecule has 39 heavy (non-hydrogen) atoms. The molecular weight excluding hydrogens is 494 g/mol. The maximum Gasteiger partial charge on any atom is 0.324 e. The number of carbonyl (C=O) groups excluding carboxylic acids is 2. The highest BCUT2D eigenvalue weighted by molar-refractivity contribution is 6.04. The van der Waals surface area contributed by atoms with Crippen LogP contribution in [-0.4, -0.2) is 48.8 Å². The molecule has 8 heteroatoms. The number of benzene rings is 1. The van der Waals surface area contributed by atoms with Crippen molar-refractivity contribution in [2.75, 3.05) is 13.7 Å². The number of rotatable bonds is 12. The molecule has 3 atom stereocenters. The number of ether oxygens (including phenoxy) is 2. The van der Waals surface area contributed by atoms with Gasteiger partial charge in [0.25, 0.3) is 5.56 Å². The number of H-pyrrole nitrogens is 1. The first-order valence-electron chi connectivity index (χ1n) is 14.2. The van der Waals surface area contributed by atoms with Crippen LogP contribution in [0.1, 0.15) is 74.1 Å². The third-order valence-corrected chi connectivity index (χ3v) is 7.93. The van der Waals surface area contributed by atoms with Gasteiger partial charge in [0.2, 0.25) is 0 Å². The number of aldehydes is 1. The summed E-state index contributed by atoms with van der Waals surface area (Å²) in [5.41, 5.74) is 5.52. The molecule has 1 aromatic heterocycles. The highest BCUT2D eigenvalue weighted by Gasteiger charge is 2.29. The highest BCUT2D eigenvalue weighted by atomic mass is 16.5. The Balaban J connectivity index is 1.57. The highest BCUT2D eigenvalue weighted by Crippen LogP contribution is 2.32. The molecule has 2 heterocycles. The number of nitrogens with one attached hydrogen (secondary N) is 2. The summed E-state index contributed by atoms with van der Waals surface area (Å²) in [4.78, 5) is 44.5. The van der Waals surface area contributed by atoms with E-state index in [9.17, 15) is 14.4 Å². The Morgan fingerprint density at radius 1 is 1.23 bits per heavy atom. The predicted molar refractivity (Wildman–Crippen MR) is 152 cm³/mol. The molecule has 2 aliphatic rings. The van der Waals surface area contributed by atoms with Gasteiger partial charge in [-0.3, -0.25) is 19.9 Å². The van der Waals surface area contributed by atoms with Crippen molar-refractivity contribution >= 4 is 23.7 Å². The van der Waals surface area contributed by atoms with Crippen molar-refractivity contribution in [2.24, 2.45) is 16.8 Å². The summed E-state index contributed by atoms with van der Waals surface area (Å²) in [7, 11) is 1.72. The Morgan fingerprint density at radius 2 is 2.03 bits per heavy atom. The Bertz CT molecular complexity index is 1230. The Kier molecular flexibility index (Phi) is 10.2. The fraction of sp³-hybridized carbons (Fsp3) is 0.548. The lowest BCUT2D eigenvalue weighted by Crippen LogP contribution is -2.44. The fourth-order valence-electron chi connectivity index (χ4n) is 5.56. The van der Waals surface area contributed by atoms with Crippen LogP contribution in [0.25, 0.3) is 0 Å². The van der Waals surface area contributed by atoms with E-state index in [4.69, 9.17) is 14.5 Å². The van der Waals surface area contributed by atoms with E-state index < -0.39 is 12.0 Å². The molecule has 8 nitrogen and oxygen atoms in total. The first-order valence-corrected chi connectivity index (χ1v) is 14.2. The van der Waals surface area contributed by atoms with Gasteiger partial charge in [0.1, 0.15) is 18.4 Å². The van der Waals surface area contributed by atoms with Gasteiger partial charge < -0.3 is 19.3 Å². The number of esters is 1. The van der Waals surface area contributed by atoms with Gasteiger partial charge in [-0.15, -0.1) is 0 Å². The predicted octanol–water partition coefficient (Wildman–Crippen LogP) is 4.57. The lowest BCUT2D eigenvalue weighted by Gasteiger charge is -2.22. The summed E-state index contributed by atoms with van der Waals surface area (Å²) in [5, 5.41) is 3.27. The van der Waals surface area contributed by atoms with Crippen LogP contribution in [0.2, 0.25) is 0 Å². The Hall–Kier alpha value is -3.10. The number of hydrogen-bond donors (Lipinski definition) is 2. The molecule has 210 valence electrons. The zero-order valence-corrected chi connectivity index (χ0v) is 23.3. The number of nitrogens with zero attached hydrogens (tertiary/aromatic N) is 1. The van der Waals surface area contributed by atoms with Gasteiger partial charge in [-0.2, -0.15) is 0 Å². The van der Waals surface area contributed by atoms with Gasteiger partial charge in [-0.25, -0.2) is 0 Å². The van der Waals surface area contributed by atoms with Crippen molar-refractivity contribution < 1.29 is 19.1 Å². The number of pyridine rings is 1. The molecule has 0 radical (unpaired) electrons. The molecule has 1 fully saturated rings. The summed E-state index contributed by atoms with van der Waals surface area (Å²) in [5.74, 6) is -0.618. The van der Waals surface area contributed by atoms with Gasteiger partial charge in [0.05, 0.1) is 11.4 Å². The largest absolute Gasteiger partial charge is 0.461 e. The van der Waals surface area contributed by atoms with E-state index in [0.29, 0.717) is 18.7 Å². The molecule has 0 amide bonds. The standard InChI is InChI=1S/C31H41N3O5/c1-20-15-25(18-33-30(20)36)29-24(7-6-14-38-3)13-12-23-11-10-22(16-27(23)34-29)17-32-28(21(2)19-35)31(37)39-26-8-4-5-9-26/h10-11,15-16,18-19,21,24,26,28,32H,4-9,12-14,17H2,1-3H3,(H,33,36)/t21-,24?,28?/m0/s1. The maximum absolute atomic E-state index is 12.9. The van der Waals surface area contributed by atoms with Crippen LogP contribution < -0.4 is 10.9 Å². The van der Waals surface area contributed by atoms with E-state index in [1.165, 1.54) is 5.56 Å². The minimum Gasteiger partial charge on any atom is -0.461 e. The van der Waals surface area contributed by atoms with Crippen molar-refractivity contribution in [3.8, 4) is 0 Å². The van der Waals surface area contributed by atoms with Gasteiger partial charge in [0.15, 0.2) is 0 Å². The lowest BCUT2D eigenvalue weighted by molar-refractivity contribution is -0.153.